The number of rotatable bonds is 13. The molecule has 230 valence electrons. The van der Waals surface area contributed by atoms with Gasteiger partial charge in [-0.15, -0.1) is 0 Å². The Kier molecular flexibility index (Phi) is 11.2. The number of nitrogens with zero attached hydrogens (tertiary/aromatic N) is 2. The second-order valence-electron chi connectivity index (χ2n) is 10.8. The van der Waals surface area contributed by atoms with Crippen LogP contribution in [0.4, 0.5) is 5.69 Å². The summed E-state index contributed by atoms with van der Waals surface area (Å²) in [4.78, 5) is 29.7. The first-order valence-electron chi connectivity index (χ1n) is 14.6. The molecule has 0 aliphatic heterocycles. The van der Waals surface area contributed by atoms with Gasteiger partial charge in [0.25, 0.3) is 10.0 Å². The van der Waals surface area contributed by atoms with Crippen molar-refractivity contribution in [3.63, 3.8) is 0 Å². The lowest BCUT2D eigenvalue weighted by Crippen LogP contribution is -2.53. The molecular formula is C35H38ClN3O4S. The highest BCUT2D eigenvalue weighted by atomic mass is 35.5. The van der Waals surface area contributed by atoms with Crippen LogP contribution in [0, 0.1) is 13.8 Å². The largest absolute Gasteiger partial charge is 0.354 e. The molecule has 0 aliphatic rings. The maximum absolute atomic E-state index is 14.5. The number of aryl methyl sites for hydroxylation is 2. The molecule has 0 saturated heterocycles. The molecule has 44 heavy (non-hydrogen) atoms. The van der Waals surface area contributed by atoms with Crippen molar-refractivity contribution < 1.29 is 18.0 Å². The van der Waals surface area contributed by atoms with Gasteiger partial charge in [0.1, 0.15) is 12.6 Å². The van der Waals surface area contributed by atoms with E-state index in [2.05, 4.69) is 5.32 Å². The molecule has 0 heterocycles. The van der Waals surface area contributed by atoms with Crippen LogP contribution in [0.2, 0.25) is 5.02 Å². The van der Waals surface area contributed by atoms with Crippen molar-refractivity contribution in [1.82, 2.24) is 10.2 Å². The Hall–Kier alpha value is -4.14. The van der Waals surface area contributed by atoms with Gasteiger partial charge in [0.15, 0.2) is 0 Å². The SMILES string of the molecule is CCCNC(=O)[C@@H](Cc1ccccc1)N(Cc1cccc(Cl)c1)C(=O)CN(c1ccc(C)cc1C)S(=O)(=O)c1ccccc1. The zero-order valence-electron chi connectivity index (χ0n) is 25.2. The van der Waals surface area contributed by atoms with Crippen LogP contribution in [0.3, 0.4) is 0 Å². The van der Waals surface area contributed by atoms with Crippen molar-refractivity contribution in [3.05, 3.63) is 130 Å². The Morgan fingerprint density at radius 3 is 2.14 bits per heavy atom. The third kappa shape index (κ3) is 8.27. The first-order chi connectivity index (χ1) is 21.1. The van der Waals surface area contributed by atoms with Crippen LogP contribution >= 0.6 is 11.6 Å². The van der Waals surface area contributed by atoms with E-state index < -0.39 is 28.5 Å². The van der Waals surface area contributed by atoms with E-state index in [9.17, 15) is 18.0 Å². The number of benzene rings is 4. The van der Waals surface area contributed by atoms with Gasteiger partial charge in [-0.1, -0.05) is 96.9 Å². The predicted molar refractivity (Wildman–Crippen MR) is 176 cm³/mol. The number of carbonyl (C=O) groups is 2. The number of hydrogen-bond acceptors (Lipinski definition) is 4. The summed E-state index contributed by atoms with van der Waals surface area (Å²) in [5.74, 6) is -0.827. The molecule has 0 unspecified atom stereocenters. The first-order valence-corrected chi connectivity index (χ1v) is 16.4. The van der Waals surface area contributed by atoms with Crippen molar-refractivity contribution in [3.8, 4) is 0 Å². The molecule has 0 bridgehead atoms. The summed E-state index contributed by atoms with van der Waals surface area (Å²) in [6, 6.07) is 29.1. The topological polar surface area (TPSA) is 86.8 Å². The summed E-state index contributed by atoms with van der Waals surface area (Å²) in [6.07, 6.45) is 0.972. The fourth-order valence-electron chi connectivity index (χ4n) is 5.07. The minimum atomic E-state index is -4.15. The van der Waals surface area contributed by atoms with E-state index in [1.165, 1.54) is 17.0 Å². The molecule has 1 N–H and O–H groups in total. The normalized spacial score (nSPS) is 11.9. The number of nitrogens with one attached hydrogen (secondary N) is 1. The van der Waals surface area contributed by atoms with E-state index in [0.29, 0.717) is 22.8 Å². The van der Waals surface area contributed by atoms with Crippen molar-refractivity contribution in [2.24, 2.45) is 0 Å². The molecule has 1 atom stereocenters. The van der Waals surface area contributed by atoms with Crippen LogP contribution in [0.1, 0.15) is 35.6 Å². The number of halogens is 1. The van der Waals surface area contributed by atoms with Crippen molar-refractivity contribution in [2.45, 2.75) is 51.1 Å². The lowest BCUT2D eigenvalue weighted by molar-refractivity contribution is -0.140. The highest BCUT2D eigenvalue weighted by Gasteiger charge is 2.35. The molecule has 0 saturated carbocycles. The Morgan fingerprint density at radius 2 is 1.50 bits per heavy atom. The fraction of sp³-hybridized carbons (Fsp3) is 0.257. The van der Waals surface area contributed by atoms with E-state index in [-0.39, 0.29) is 23.8 Å². The monoisotopic (exact) mass is 631 g/mol. The molecule has 4 rings (SSSR count). The average Bonchev–Trinajstić information content (AvgIpc) is 3.01. The van der Waals surface area contributed by atoms with Gasteiger partial charge in [0.05, 0.1) is 10.6 Å². The van der Waals surface area contributed by atoms with E-state index in [1.54, 1.807) is 42.5 Å². The maximum atomic E-state index is 14.5. The highest BCUT2D eigenvalue weighted by molar-refractivity contribution is 7.92. The van der Waals surface area contributed by atoms with Gasteiger partial charge in [0.2, 0.25) is 11.8 Å². The first kappa shape index (κ1) is 32.8. The van der Waals surface area contributed by atoms with Gasteiger partial charge in [-0.2, -0.15) is 0 Å². The van der Waals surface area contributed by atoms with Crippen LogP contribution < -0.4 is 9.62 Å². The Labute approximate surface area is 265 Å². The van der Waals surface area contributed by atoms with Crippen molar-refractivity contribution in [2.75, 3.05) is 17.4 Å². The van der Waals surface area contributed by atoms with E-state index in [0.717, 1.165) is 27.4 Å². The second kappa shape index (κ2) is 15.0. The summed E-state index contributed by atoms with van der Waals surface area (Å²) < 4.78 is 29.4. The minimum absolute atomic E-state index is 0.0581. The van der Waals surface area contributed by atoms with E-state index in [1.807, 2.05) is 69.3 Å². The van der Waals surface area contributed by atoms with Crippen LogP contribution in [0.15, 0.2) is 108 Å². The summed E-state index contributed by atoms with van der Waals surface area (Å²) in [7, 11) is -4.15. The summed E-state index contributed by atoms with van der Waals surface area (Å²) in [6.45, 7) is 5.70. The minimum Gasteiger partial charge on any atom is -0.354 e. The Balaban J connectivity index is 1.81. The molecule has 2 amide bonds. The molecule has 9 heteroatoms. The number of hydrogen-bond donors (Lipinski definition) is 1. The number of sulfonamides is 1. The molecule has 0 aromatic heterocycles. The number of amides is 2. The van der Waals surface area contributed by atoms with Crippen LogP contribution in [-0.4, -0.2) is 44.3 Å². The molecule has 4 aromatic rings. The molecular weight excluding hydrogens is 594 g/mol. The van der Waals surface area contributed by atoms with Gasteiger partial charge in [-0.05, 0) is 67.3 Å². The quantitative estimate of drug-likeness (QED) is 0.187. The van der Waals surface area contributed by atoms with Crippen LogP contribution in [0.5, 0.6) is 0 Å². The summed E-state index contributed by atoms with van der Waals surface area (Å²) in [5, 5.41) is 3.44. The lowest BCUT2D eigenvalue weighted by atomic mass is 10.0. The molecule has 4 aromatic carbocycles. The molecule has 7 nitrogen and oxygen atoms in total. The van der Waals surface area contributed by atoms with Crippen LogP contribution in [0.25, 0.3) is 0 Å². The standard InChI is InChI=1S/C35H38ClN3O4S/c1-4-20-37-35(41)33(23-28-12-7-5-8-13-28)38(24-29-14-11-15-30(36)22-29)34(40)25-39(32-19-18-26(2)21-27(32)3)44(42,43)31-16-9-6-10-17-31/h5-19,21-22,33H,4,20,23-25H2,1-3H3,(H,37,41)/t33-/m1/s1. The molecule has 0 fully saturated rings. The van der Waals surface area contributed by atoms with Gasteiger partial charge in [-0.3, -0.25) is 13.9 Å². The van der Waals surface area contributed by atoms with Crippen molar-refractivity contribution in [1.29, 1.82) is 0 Å². The number of anilines is 1. The third-order valence-electron chi connectivity index (χ3n) is 7.29. The van der Waals surface area contributed by atoms with E-state index >= 15 is 0 Å². The Morgan fingerprint density at radius 1 is 0.841 bits per heavy atom. The molecule has 0 aliphatic carbocycles. The van der Waals surface area contributed by atoms with Gasteiger partial charge < -0.3 is 10.2 Å². The maximum Gasteiger partial charge on any atom is 0.264 e. The smallest absolute Gasteiger partial charge is 0.264 e. The van der Waals surface area contributed by atoms with Gasteiger partial charge in [-0.25, -0.2) is 8.42 Å². The lowest BCUT2D eigenvalue weighted by Gasteiger charge is -2.34. The Bertz CT molecular complexity index is 1680. The summed E-state index contributed by atoms with van der Waals surface area (Å²) in [5.41, 5.74) is 3.66. The summed E-state index contributed by atoms with van der Waals surface area (Å²) >= 11 is 6.30. The zero-order valence-corrected chi connectivity index (χ0v) is 26.8. The number of carbonyl (C=O) groups excluding carboxylic acids is 2. The van der Waals surface area contributed by atoms with E-state index in [4.69, 9.17) is 11.6 Å². The molecule has 0 spiro atoms. The van der Waals surface area contributed by atoms with Gasteiger partial charge >= 0.3 is 0 Å². The predicted octanol–water partition coefficient (Wildman–Crippen LogP) is 6.32. The second-order valence-corrected chi connectivity index (χ2v) is 13.1. The molecule has 0 radical (unpaired) electrons. The fourth-order valence-corrected chi connectivity index (χ4v) is 6.78. The third-order valence-corrected chi connectivity index (χ3v) is 9.30. The van der Waals surface area contributed by atoms with Crippen LogP contribution in [-0.2, 0) is 32.6 Å². The highest BCUT2D eigenvalue weighted by Crippen LogP contribution is 2.28. The van der Waals surface area contributed by atoms with Gasteiger partial charge in [0, 0.05) is 24.5 Å². The van der Waals surface area contributed by atoms with Crippen molar-refractivity contribution >= 4 is 39.1 Å². The zero-order chi connectivity index (χ0) is 31.7. The average molecular weight is 632 g/mol.